The Kier molecular flexibility index (Phi) is 3.71. The molecular formula is C8H12N6O4S2. The minimum Gasteiger partial charge on any atom is -0.258 e. The number of sulfonamides is 1. The van der Waals surface area contributed by atoms with E-state index in [-0.39, 0.29) is 16.5 Å². The van der Waals surface area contributed by atoms with Crippen LogP contribution in [0.3, 0.4) is 0 Å². The number of hydrogen-bond acceptors (Lipinski definition) is 7. The molecule has 0 amide bonds. The van der Waals surface area contributed by atoms with Crippen molar-refractivity contribution in [3.05, 3.63) is 16.8 Å². The Balaban J connectivity index is 2.69. The maximum Gasteiger partial charge on any atom is 0.353 e. The van der Waals surface area contributed by atoms with Crippen LogP contribution in [0.25, 0.3) is 5.65 Å². The Morgan fingerprint density at radius 3 is 2.60 bits per heavy atom. The molecule has 0 N–H and O–H groups in total. The molecule has 0 saturated heterocycles. The third-order valence-corrected chi connectivity index (χ3v) is 4.76. The number of hydrogen-bond donors (Lipinski definition) is 0. The van der Waals surface area contributed by atoms with Crippen LogP contribution < -0.4 is 5.69 Å². The quantitative estimate of drug-likeness (QED) is 0.631. The van der Waals surface area contributed by atoms with E-state index in [0.29, 0.717) is 0 Å². The molecule has 0 bridgehead atoms. The minimum atomic E-state index is -3.82. The van der Waals surface area contributed by atoms with Gasteiger partial charge in [0.25, 0.3) is 10.0 Å². The molecule has 2 heterocycles. The zero-order valence-corrected chi connectivity index (χ0v) is 12.6. The Hall–Kier alpha value is -1.66. The summed E-state index contributed by atoms with van der Waals surface area (Å²) in [7, 11) is -2.42. The average molecular weight is 320 g/mol. The first-order chi connectivity index (χ1) is 9.25. The summed E-state index contributed by atoms with van der Waals surface area (Å²) in [5, 5.41) is 6.90. The number of aromatic nitrogens is 5. The average Bonchev–Trinajstić information content (AvgIpc) is 2.77. The molecule has 0 saturated carbocycles. The minimum absolute atomic E-state index is 0.129. The van der Waals surface area contributed by atoms with E-state index in [0.717, 1.165) is 19.7 Å². The third-order valence-electron chi connectivity index (χ3n) is 2.41. The van der Waals surface area contributed by atoms with Crippen molar-refractivity contribution in [2.24, 2.45) is 0 Å². The van der Waals surface area contributed by atoms with Crippen molar-refractivity contribution >= 4 is 26.5 Å². The van der Waals surface area contributed by atoms with Crippen molar-refractivity contribution in [3.63, 3.8) is 0 Å². The van der Waals surface area contributed by atoms with E-state index in [1.807, 2.05) is 0 Å². The van der Waals surface area contributed by atoms with Crippen molar-refractivity contribution < 1.29 is 12.6 Å². The van der Waals surface area contributed by atoms with E-state index in [4.69, 9.17) is 0 Å². The molecule has 0 spiro atoms. The Morgan fingerprint density at radius 2 is 2.05 bits per heavy atom. The van der Waals surface area contributed by atoms with E-state index < -0.39 is 26.5 Å². The maximum atomic E-state index is 12.0. The van der Waals surface area contributed by atoms with Crippen LogP contribution in [-0.4, -0.2) is 61.7 Å². The lowest BCUT2D eigenvalue weighted by Gasteiger charge is -2.08. The topological polar surface area (TPSA) is 120 Å². The molecule has 2 rings (SSSR count). The fourth-order valence-electron chi connectivity index (χ4n) is 1.42. The van der Waals surface area contributed by atoms with Gasteiger partial charge < -0.3 is 0 Å². The molecule has 2 aromatic heterocycles. The zero-order valence-electron chi connectivity index (χ0n) is 10.9. The second-order valence-corrected chi connectivity index (χ2v) is 7.58. The molecule has 1 atom stereocenters. The van der Waals surface area contributed by atoms with Gasteiger partial charge >= 0.3 is 5.69 Å². The predicted octanol–water partition coefficient (Wildman–Crippen LogP) is -2.13. The first-order valence-corrected chi connectivity index (χ1v) is 8.45. The van der Waals surface area contributed by atoms with Crippen LogP contribution in [-0.2, 0) is 26.7 Å². The van der Waals surface area contributed by atoms with Crippen molar-refractivity contribution in [3.8, 4) is 0 Å². The monoisotopic (exact) mass is 320 g/mol. The van der Waals surface area contributed by atoms with E-state index in [9.17, 15) is 17.4 Å². The predicted molar refractivity (Wildman–Crippen MR) is 70.0 cm³/mol. The number of imidazole rings is 1. The van der Waals surface area contributed by atoms with Crippen LogP contribution >= 0.6 is 0 Å². The second kappa shape index (κ2) is 5.03. The molecule has 0 radical (unpaired) electrons. The molecule has 0 aliphatic rings. The second-order valence-electron chi connectivity index (χ2n) is 4.10. The van der Waals surface area contributed by atoms with Gasteiger partial charge in [0.2, 0.25) is 10.7 Å². The first-order valence-electron chi connectivity index (χ1n) is 5.28. The van der Waals surface area contributed by atoms with Crippen LogP contribution in [0.1, 0.15) is 0 Å². The Bertz CT molecular complexity index is 836. The van der Waals surface area contributed by atoms with Gasteiger partial charge in [-0.2, -0.15) is 4.68 Å². The molecule has 0 aliphatic carbocycles. The molecule has 2 aromatic rings. The standard InChI is InChI=1S/C8H12N6O4S2/c1-12(2)20(17,18)7-6-10-11-14(5-19(3)16)8(15)13(6)4-9-7/h4H,5H2,1-3H3. The molecular weight excluding hydrogens is 308 g/mol. The third kappa shape index (κ3) is 2.36. The summed E-state index contributed by atoms with van der Waals surface area (Å²) in [4.78, 5) is 15.7. The first kappa shape index (κ1) is 14.7. The fourth-order valence-corrected chi connectivity index (χ4v) is 2.83. The van der Waals surface area contributed by atoms with Crippen molar-refractivity contribution in [1.82, 2.24) is 28.7 Å². The summed E-state index contributed by atoms with van der Waals surface area (Å²) < 4.78 is 37.9. The summed E-state index contributed by atoms with van der Waals surface area (Å²) in [6.45, 7) is 0. The molecule has 10 nitrogen and oxygen atoms in total. The van der Waals surface area contributed by atoms with E-state index in [2.05, 4.69) is 15.3 Å². The van der Waals surface area contributed by atoms with E-state index >= 15 is 0 Å². The van der Waals surface area contributed by atoms with Crippen molar-refractivity contribution in [1.29, 1.82) is 0 Å². The van der Waals surface area contributed by atoms with Gasteiger partial charge in [0.05, 0.1) is 0 Å². The van der Waals surface area contributed by atoms with Gasteiger partial charge in [-0.15, -0.1) is 5.10 Å². The van der Waals surface area contributed by atoms with E-state index in [1.165, 1.54) is 20.4 Å². The smallest absolute Gasteiger partial charge is 0.258 e. The van der Waals surface area contributed by atoms with Gasteiger partial charge in [0, 0.05) is 31.2 Å². The largest absolute Gasteiger partial charge is 0.353 e. The van der Waals surface area contributed by atoms with Gasteiger partial charge in [0.1, 0.15) is 12.2 Å². The number of rotatable bonds is 4. The van der Waals surface area contributed by atoms with Gasteiger partial charge in [-0.05, 0) is 0 Å². The summed E-state index contributed by atoms with van der Waals surface area (Å²) in [5.74, 6) is -0.129. The van der Waals surface area contributed by atoms with Gasteiger partial charge in [0.15, 0.2) is 0 Å². The highest BCUT2D eigenvalue weighted by atomic mass is 32.2. The molecule has 20 heavy (non-hydrogen) atoms. The molecule has 0 aliphatic heterocycles. The van der Waals surface area contributed by atoms with Gasteiger partial charge in [-0.1, -0.05) is 5.21 Å². The molecule has 12 heteroatoms. The lowest BCUT2D eigenvalue weighted by Crippen LogP contribution is -2.31. The normalized spacial score (nSPS) is 14.0. The fraction of sp³-hybridized carbons (Fsp3) is 0.500. The zero-order chi connectivity index (χ0) is 15.1. The van der Waals surface area contributed by atoms with Crippen LogP contribution in [0.15, 0.2) is 16.1 Å². The highest BCUT2D eigenvalue weighted by Crippen LogP contribution is 2.13. The number of fused-ring (bicyclic) bond motifs is 1. The molecule has 110 valence electrons. The SMILES string of the molecule is CN(C)S(=O)(=O)c1ncn2c(=O)n(CS(C)=O)nnc12. The Morgan fingerprint density at radius 1 is 1.40 bits per heavy atom. The number of nitrogens with zero attached hydrogens (tertiary/aromatic N) is 6. The summed E-state index contributed by atoms with van der Waals surface area (Å²) in [5.41, 5.74) is -0.820. The lowest BCUT2D eigenvalue weighted by molar-refractivity contribution is 0.517. The maximum absolute atomic E-state index is 12.0. The van der Waals surface area contributed by atoms with Crippen LogP contribution in [0, 0.1) is 0 Å². The Labute approximate surface area is 116 Å². The molecule has 1 unspecified atom stereocenters. The lowest BCUT2D eigenvalue weighted by atomic mass is 10.8. The van der Waals surface area contributed by atoms with Crippen molar-refractivity contribution in [2.45, 2.75) is 10.9 Å². The molecule has 0 aromatic carbocycles. The summed E-state index contributed by atoms with van der Waals surface area (Å²) in [6.07, 6.45) is 2.46. The van der Waals surface area contributed by atoms with Crippen LogP contribution in [0.5, 0.6) is 0 Å². The highest BCUT2D eigenvalue weighted by Gasteiger charge is 2.25. The summed E-state index contributed by atoms with van der Waals surface area (Å²) in [6, 6.07) is 0. The molecule has 0 fully saturated rings. The van der Waals surface area contributed by atoms with Gasteiger partial charge in [-0.3, -0.25) is 4.21 Å². The highest BCUT2D eigenvalue weighted by molar-refractivity contribution is 7.89. The van der Waals surface area contributed by atoms with Crippen molar-refractivity contribution in [2.75, 3.05) is 20.4 Å². The van der Waals surface area contributed by atoms with E-state index in [1.54, 1.807) is 0 Å². The van der Waals surface area contributed by atoms with Crippen LogP contribution in [0.2, 0.25) is 0 Å². The summed E-state index contributed by atoms with van der Waals surface area (Å²) >= 11 is 0. The van der Waals surface area contributed by atoms with Gasteiger partial charge in [-0.25, -0.2) is 26.9 Å². The van der Waals surface area contributed by atoms with Crippen LogP contribution in [0.4, 0.5) is 0 Å².